The maximum atomic E-state index is 12.8. The Bertz CT molecular complexity index is 1260. The molecular formula is C30H28N2O3. The Morgan fingerprint density at radius 2 is 1.34 bits per heavy atom. The molecule has 1 unspecified atom stereocenters. The Labute approximate surface area is 205 Å². The van der Waals surface area contributed by atoms with Crippen LogP contribution in [0.5, 0.6) is 5.75 Å². The lowest BCUT2D eigenvalue weighted by Crippen LogP contribution is -2.32. The van der Waals surface area contributed by atoms with E-state index < -0.39 is 6.10 Å². The molecule has 2 N–H and O–H groups in total. The van der Waals surface area contributed by atoms with Gasteiger partial charge in [-0.05, 0) is 54.3 Å². The molecule has 0 aliphatic heterocycles. The molecule has 4 rings (SSSR count). The fourth-order valence-electron chi connectivity index (χ4n) is 3.70. The van der Waals surface area contributed by atoms with Gasteiger partial charge in [0.1, 0.15) is 5.75 Å². The lowest BCUT2D eigenvalue weighted by molar-refractivity contribution is -0.122. The summed E-state index contributed by atoms with van der Waals surface area (Å²) >= 11 is 0. The molecule has 0 fully saturated rings. The van der Waals surface area contributed by atoms with E-state index in [9.17, 15) is 9.59 Å². The molecule has 4 aromatic rings. The molecule has 5 heteroatoms. The average molecular weight is 465 g/mol. The minimum atomic E-state index is -0.744. The van der Waals surface area contributed by atoms with Crippen molar-refractivity contribution < 1.29 is 14.3 Å². The molecular weight excluding hydrogens is 436 g/mol. The van der Waals surface area contributed by atoms with Crippen LogP contribution in [0.3, 0.4) is 0 Å². The van der Waals surface area contributed by atoms with Crippen molar-refractivity contribution in [3.8, 4) is 16.9 Å². The van der Waals surface area contributed by atoms with Crippen LogP contribution in [0.2, 0.25) is 0 Å². The lowest BCUT2D eigenvalue weighted by Gasteiger charge is -2.17. The largest absolute Gasteiger partial charge is 0.481 e. The Hall–Kier alpha value is -4.38. The first kappa shape index (κ1) is 23.8. The highest BCUT2D eigenvalue weighted by Crippen LogP contribution is 2.23. The van der Waals surface area contributed by atoms with Gasteiger partial charge in [-0.15, -0.1) is 0 Å². The van der Waals surface area contributed by atoms with Crippen LogP contribution in [0.4, 0.5) is 5.69 Å². The average Bonchev–Trinajstić information content (AvgIpc) is 2.90. The van der Waals surface area contributed by atoms with Gasteiger partial charge in [-0.3, -0.25) is 9.59 Å². The smallest absolute Gasteiger partial charge is 0.265 e. The second kappa shape index (κ2) is 11.7. The van der Waals surface area contributed by atoms with Gasteiger partial charge in [-0.2, -0.15) is 0 Å². The third kappa shape index (κ3) is 6.58. The van der Waals surface area contributed by atoms with Crippen molar-refractivity contribution >= 4 is 17.5 Å². The predicted octanol–water partition coefficient (Wildman–Crippen LogP) is 5.73. The summed E-state index contributed by atoms with van der Waals surface area (Å²) in [5.74, 6) is 0.0304. The van der Waals surface area contributed by atoms with E-state index >= 15 is 0 Å². The van der Waals surface area contributed by atoms with Crippen LogP contribution in [0.25, 0.3) is 11.1 Å². The standard InChI is InChI=1S/C30H28N2O3/c1-22(35-26-18-16-25(17-19-26)24-12-6-3-7-13-24)29(33)32-28-15-9-8-14-27(28)30(34)31-21-20-23-10-4-2-5-11-23/h2-19,22H,20-21H2,1H3,(H,31,34)(H,32,33). The van der Waals surface area contributed by atoms with E-state index in [0.717, 1.165) is 23.1 Å². The Morgan fingerprint density at radius 3 is 2.06 bits per heavy atom. The van der Waals surface area contributed by atoms with Crippen LogP contribution >= 0.6 is 0 Å². The third-order valence-electron chi connectivity index (χ3n) is 5.62. The Kier molecular flexibility index (Phi) is 7.92. The predicted molar refractivity (Wildman–Crippen MR) is 140 cm³/mol. The maximum Gasteiger partial charge on any atom is 0.265 e. The van der Waals surface area contributed by atoms with Gasteiger partial charge in [0.15, 0.2) is 6.10 Å². The minimum Gasteiger partial charge on any atom is -0.481 e. The zero-order chi connectivity index (χ0) is 24.5. The fourth-order valence-corrected chi connectivity index (χ4v) is 3.70. The van der Waals surface area contributed by atoms with Crippen molar-refractivity contribution in [1.82, 2.24) is 5.32 Å². The molecule has 1 atom stereocenters. The Morgan fingerprint density at radius 1 is 0.743 bits per heavy atom. The number of anilines is 1. The van der Waals surface area contributed by atoms with E-state index in [1.807, 2.05) is 84.9 Å². The highest BCUT2D eigenvalue weighted by atomic mass is 16.5. The zero-order valence-electron chi connectivity index (χ0n) is 19.6. The number of nitrogens with one attached hydrogen (secondary N) is 2. The molecule has 0 saturated carbocycles. The molecule has 4 aromatic carbocycles. The van der Waals surface area contributed by atoms with E-state index in [1.165, 1.54) is 0 Å². The van der Waals surface area contributed by atoms with Gasteiger partial charge in [0.25, 0.3) is 11.8 Å². The molecule has 0 heterocycles. The van der Waals surface area contributed by atoms with E-state index in [-0.39, 0.29) is 11.8 Å². The van der Waals surface area contributed by atoms with Gasteiger partial charge in [0.2, 0.25) is 0 Å². The first-order valence-electron chi connectivity index (χ1n) is 11.6. The number of para-hydroxylation sites is 1. The molecule has 5 nitrogen and oxygen atoms in total. The number of carbonyl (C=O) groups is 2. The first-order chi connectivity index (χ1) is 17.1. The van der Waals surface area contributed by atoms with Crippen molar-refractivity contribution in [2.45, 2.75) is 19.4 Å². The van der Waals surface area contributed by atoms with Crippen LogP contribution in [0.1, 0.15) is 22.8 Å². The SMILES string of the molecule is CC(Oc1ccc(-c2ccccc2)cc1)C(=O)Nc1ccccc1C(=O)NCCc1ccccc1. The van der Waals surface area contributed by atoms with Crippen LogP contribution in [0, 0.1) is 0 Å². The topological polar surface area (TPSA) is 67.4 Å². The second-order valence-corrected chi connectivity index (χ2v) is 8.18. The quantitative estimate of drug-likeness (QED) is 0.332. The normalized spacial score (nSPS) is 11.3. The fraction of sp³-hybridized carbons (Fsp3) is 0.133. The summed E-state index contributed by atoms with van der Waals surface area (Å²) in [7, 11) is 0. The molecule has 0 aromatic heterocycles. The number of ether oxygens (including phenoxy) is 1. The second-order valence-electron chi connectivity index (χ2n) is 8.18. The number of carbonyl (C=O) groups excluding carboxylic acids is 2. The molecule has 0 aliphatic carbocycles. The summed E-state index contributed by atoms with van der Waals surface area (Å²) in [6.07, 6.45) is -0.0125. The molecule has 0 radical (unpaired) electrons. The van der Waals surface area contributed by atoms with Gasteiger partial charge in [0, 0.05) is 6.54 Å². The molecule has 0 saturated heterocycles. The molecule has 0 spiro atoms. The molecule has 0 aliphatic rings. The number of hydrogen-bond acceptors (Lipinski definition) is 3. The number of amides is 2. The summed E-state index contributed by atoms with van der Waals surface area (Å²) < 4.78 is 5.84. The van der Waals surface area contributed by atoms with Crippen molar-refractivity contribution in [2.75, 3.05) is 11.9 Å². The van der Waals surface area contributed by atoms with Crippen LogP contribution in [0.15, 0.2) is 109 Å². The summed E-state index contributed by atoms with van der Waals surface area (Å²) in [6, 6.07) is 34.6. The highest BCUT2D eigenvalue weighted by Gasteiger charge is 2.18. The molecule has 2 amide bonds. The van der Waals surface area contributed by atoms with Crippen molar-refractivity contribution in [3.05, 3.63) is 120 Å². The van der Waals surface area contributed by atoms with E-state index in [2.05, 4.69) is 10.6 Å². The van der Waals surface area contributed by atoms with E-state index in [0.29, 0.717) is 23.5 Å². The van der Waals surface area contributed by atoms with Crippen LogP contribution < -0.4 is 15.4 Å². The number of benzene rings is 4. The highest BCUT2D eigenvalue weighted by molar-refractivity contribution is 6.04. The molecule has 35 heavy (non-hydrogen) atoms. The van der Waals surface area contributed by atoms with Crippen LogP contribution in [-0.4, -0.2) is 24.5 Å². The number of rotatable bonds is 9. The van der Waals surface area contributed by atoms with Gasteiger partial charge in [-0.1, -0.05) is 84.9 Å². The first-order valence-corrected chi connectivity index (χ1v) is 11.6. The van der Waals surface area contributed by atoms with Crippen molar-refractivity contribution in [3.63, 3.8) is 0 Å². The van der Waals surface area contributed by atoms with Gasteiger partial charge in [0.05, 0.1) is 11.3 Å². The van der Waals surface area contributed by atoms with Gasteiger partial charge < -0.3 is 15.4 Å². The van der Waals surface area contributed by atoms with Gasteiger partial charge in [-0.25, -0.2) is 0 Å². The summed E-state index contributed by atoms with van der Waals surface area (Å²) in [6.45, 7) is 2.19. The molecule has 176 valence electrons. The lowest BCUT2D eigenvalue weighted by atomic mass is 10.1. The minimum absolute atomic E-state index is 0.234. The van der Waals surface area contributed by atoms with E-state index in [1.54, 1.807) is 31.2 Å². The Balaban J connectivity index is 1.34. The zero-order valence-corrected chi connectivity index (χ0v) is 19.6. The van der Waals surface area contributed by atoms with Crippen LogP contribution in [-0.2, 0) is 11.2 Å². The van der Waals surface area contributed by atoms with Crippen molar-refractivity contribution in [2.24, 2.45) is 0 Å². The maximum absolute atomic E-state index is 12.8. The van der Waals surface area contributed by atoms with E-state index in [4.69, 9.17) is 4.74 Å². The van der Waals surface area contributed by atoms with Crippen molar-refractivity contribution in [1.29, 1.82) is 0 Å². The summed E-state index contributed by atoms with van der Waals surface area (Å²) in [5.41, 5.74) is 4.20. The molecule has 0 bridgehead atoms. The van der Waals surface area contributed by atoms with Gasteiger partial charge >= 0.3 is 0 Å². The number of hydrogen-bond donors (Lipinski definition) is 2. The summed E-state index contributed by atoms with van der Waals surface area (Å²) in [4.78, 5) is 25.6. The summed E-state index contributed by atoms with van der Waals surface area (Å²) in [5, 5.41) is 5.76. The third-order valence-corrected chi connectivity index (χ3v) is 5.62. The monoisotopic (exact) mass is 464 g/mol.